The molecule has 0 amide bonds. The van der Waals surface area contributed by atoms with Gasteiger partial charge in [0.15, 0.2) is 0 Å². The van der Waals surface area contributed by atoms with Crippen molar-refractivity contribution in [3.8, 4) is 11.8 Å². The quantitative estimate of drug-likeness (QED) is 0.787. The molecular weight excluding hydrogens is 276 g/mol. The van der Waals surface area contributed by atoms with Crippen molar-refractivity contribution in [1.29, 1.82) is 5.26 Å². The van der Waals surface area contributed by atoms with Crippen molar-refractivity contribution in [2.24, 2.45) is 0 Å². The number of rotatable bonds is 7. The van der Waals surface area contributed by atoms with Crippen molar-refractivity contribution in [2.45, 2.75) is 51.7 Å². The normalized spacial score (nSPS) is 16.7. The van der Waals surface area contributed by atoms with E-state index in [1.54, 1.807) is 0 Å². The number of benzene rings is 1. The first-order valence-corrected chi connectivity index (χ1v) is 8.09. The second-order valence-corrected chi connectivity index (χ2v) is 6.26. The molecule has 2 rings (SSSR count). The van der Waals surface area contributed by atoms with E-state index in [0.717, 1.165) is 24.2 Å². The molecule has 1 fully saturated rings. The van der Waals surface area contributed by atoms with E-state index in [0.29, 0.717) is 19.1 Å². The molecule has 4 heteroatoms. The van der Waals surface area contributed by atoms with Crippen LogP contribution in [0.25, 0.3) is 0 Å². The Kier molecular flexibility index (Phi) is 6.23. The second-order valence-electron chi connectivity index (χ2n) is 6.26. The minimum absolute atomic E-state index is 0.262. The monoisotopic (exact) mass is 302 g/mol. The Hall–Kier alpha value is -1.57. The van der Waals surface area contributed by atoms with Gasteiger partial charge in [0.2, 0.25) is 0 Å². The fraction of sp³-hybridized carbons (Fsp3) is 0.611. The number of hydrogen-bond donors (Lipinski definition) is 1. The third-order valence-corrected chi connectivity index (χ3v) is 4.32. The molecule has 120 valence electrons. The maximum Gasteiger partial charge on any atom is 0.122 e. The van der Waals surface area contributed by atoms with Crippen LogP contribution < -0.4 is 4.74 Å². The molecule has 1 aliphatic carbocycles. The van der Waals surface area contributed by atoms with E-state index >= 15 is 0 Å². The van der Waals surface area contributed by atoms with Gasteiger partial charge in [0.25, 0.3) is 0 Å². The summed E-state index contributed by atoms with van der Waals surface area (Å²) in [7, 11) is 0. The van der Waals surface area contributed by atoms with Crippen LogP contribution in [-0.4, -0.2) is 41.8 Å². The summed E-state index contributed by atoms with van der Waals surface area (Å²) in [6.45, 7) is 5.20. The van der Waals surface area contributed by atoms with Crippen molar-refractivity contribution in [1.82, 2.24) is 4.90 Å². The maximum atomic E-state index is 10.2. The van der Waals surface area contributed by atoms with E-state index in [4.69, 9.17) is 10.00 Å². The minimum Gasteiger partial charge on any atom is -0.491 e. The largest absolute Gasteiger partial charge is 0.491 e. The van der Waals surface area contributed by atoms with Crippen LogP contribution >= 0.6 is 0 Å². The number of hydrogen-bond acceptors (Lipinski definition) is 4. The van der Waals surface area contributed by atoms with Crippen LogP contribution in [0, 0.1) is 25.2 Å². The van der Waals surface area contributed by atoms with E-state index < -0.39 is 6.10 Å². The van der Waals surface area contributed by atoms with Gasteiger partial charge < -0.3 is 9.84 Å². The van der Waals surface area contributed by atoms with Crippen molar-refractivity contribution in [2.75, 3.05) is 19.7 Å². The summed E-state index contributed by atoms with van der Waals surface area (Å²) in [4.78, 5) is 2.10. The van der Waals surface area contributed by atoms with Gasteiger partial charge in [-0.1, -0.05) is 30.5 Å². The lowest BCUT2D eigenvalue weighted by molar-refractivity contribution is 0.0582. The van der Waals surface area contributed by atoms with Crippen molar-refractivity contribution >= 4 is 0 Å². The zero-order chi connectivity index (χ0) is 15.9. The van der Waals surface area contributed by atoms with Crippen molar-refractivity contribution in [3.05, 3.63) is 29.3 Å². The first kappa shape index (κ1) is 16.8. The third-order valence-electron chi connectivity index (χ3n) is 4.32. The van der Waals surface area contributed by atoms with Crippen LogP contribution in [0.5, 0.6) is 5.75 Å². The smallest absolute Gasteiger partial charge is 0.122 e. The zero-order valence-corrected chi connectivity index (χ0v) is 13.6. The number of ether oxygens (including phenoxy) is 1. The number of aliphatic hydroxyl groups is 1. The van der Waals surface area contributed by atoms with Gasteiger partial charge in [0.05, 0.1) is 12.6 Å². The fourth-order valence-electron chi connectivity index (χ4n) is 3.17. The molecule has 1 aliphatic rings. The van der Waals surface area contributed by atoms with E-state index in [2.05, 4.69) is 17.0 Å². The summed E-state index contributed by atoms with van der Waals surface area (Å²) in [6, 6.07) is 8.68. The highest BCUT2D eigenvalue weighted by Gasteiger charge is 2.24. The van der Waals surface area contributed by atoms with E-state index in [1.165, 1.54) is 18.4 Å². The molecule has 1 aromatic carbocycles. The number of aryl methyl sites for hydroxylation is 2. The molecule has 4 nitrogen and oxygen atoms in total. The summed E-state index contributed by atoms with van der Waals surface area (Å²) in [5, 5.41) is 19.2. The van der Waals surface area contributed by atoms with E-state index in [-0.39, 0.29) is 6.61 Å². The maximum absolute atomic E-state index is 10.2. The number of nitriles is 1. The van der Waals surface area contributed by atoms with Crippen LogP contribution in [0.4, 0.5) is 0 Å². The standard InChI is InChI=1S/C18H26N2O2/c1-14-7-8-18(15(2)11-14)22-13-17(21)12-20(10-9-19)16-5-3-4-6-16/h7-8,11,16-17,21H,3-6,10,12-13H2,1-2H3. The lowest BCUT2D eigenvalue weighted by Gasteiger charge is -2.28. The zero-order valence-electron chi connectivity index (χ0n) is 13.6. The molecule has 1 aromatic rings. The van der Waals surface area contributed by atoms with Crippen LogP contribution in [0.2, 0.25) is 0 Å². The molecule has 0 aliphatic heterocycles. The molecule has 1 atom stereocenters. The van der Waals surface area contributed by atoms with Crippen molar-refractivity contribution in [3.63, 3.8) is 0 Å². The summed E-state index contributed by atoms with van der Waals surface area (Å²) in [5.41, 5.74) is 2.28. The van der Waals surface area contributed by atoms with Crippen LogP contribution in [0.1, 0.15) is 36.8 Å². The molecule has 0 spiro atoms. The van der Waals surface area contributed by atoms with Gasteiger partial charge >= 0.3 is 0 Å². The number of aliphatic hydroxyl groups excluding tert-OH is 1. The topological polar surface area (TPSA) is 56.5 Å². The van der Waals surface area contributed by atoms with E-state index in [1.807, 2.05) is 26.0 Å². The van der Waals surface area contributed by atoms with Crippen LogP contribution in [0.15, 0.2) is 18.2 Å². The summed E-state index contributed by atoms with van der Waals surface area (Å²) >= 11 is 0. The second kappa shape index (κ2) is 8.17. The Balaban J connectivity index is 1.85. The first-order chi connectivity index (χ1) is 10.6. The molecule has 1 saturated carbocycles. The Labute approximate surface area is 133 Å². The average Bonchev–Trinajstić information content (AvgIpc) is 3.00. The Morgan fingerprint density at radius 2 is 2.09 bits per heavy atom. The molecule has 0 heterocycles. The Morgan fingerprint density at radius 1 is 1.36 bits per heavy atom. The molecular formula is C18H26N2O2. The van der Waals surface area contributed by atoms with Crippen LogP contribution in [-0.2, 0) is 0 Å². The predicted molar refractivity (Wildman–Crippen MR) is 86.9 cm³/mol. The molecule has 22 heavy (non-hydrogen) atoms. The van der Waals surface area contributed by atoms with Gasteiger partial charge in [0.1, 0.15) is 18.5 Å². The van der Waals surface area contributed by atoms with Gasteiger partial charge in [0, 0.05) is 12.6 Å². The van der Waals surface area contributed by atoms with E-state index in [9.17, 15) is 5.11 Å². The van der Waals surface area contributed by atoms with Crippen LogP contribution in [0.3, 0.4) is 0 Å². The molecule has 0 radical (unpaired) electrons. The lowest BCUT2D eigenvalue weighted by atomic mass is 10.1. The Morgan fingerprint density at radius 3 is 2.73 bits per heavy atom. The summed E-state index contributed by atoms with van der Waals surface area (Å²) in [6.07, 6.45) is 4.14. The SMILES string of the molecule is Cc1ccc(OCC(O)CN(CC#N)C2CCCC2)c(C)c1. The van der Waals surface area contributed by atoms with Gasteiger partial charge in [-0.05, 0) is 38.3 Å². The molecule has 1 unspecified atom stereocenters. The first-order valence-electron chi connectivity index (χ1n) is 8.09. The third kappa shape index (κ3) is 4.72. The average molecular weight is 302 g/mol. The van der Waals surface area contributed by atoms with Gasteiger partial charge in [-0.3, -0.25) is 4.90 Å². The van der Waals surface area contributed by atoms with Gasteiger partial charge in [-0.25, -0.2) is 0 Å². The lowest BCUT2D eigenvalue weighted by Crippen LogP contribution is -2.41. The molecule has 0 aromatic heterocycles. The van der Waals surface area contributed by atoms with Crippen molar-refractivity contribution < 1.29 is 9.84 Å². The van der Waals surface area contributed by atoms with Gasteiger partial charge in [-0.2, -0.15) is 5.26 Å². The highest BCUT2D eigenvalue weighted by molar-refractivity contribution is 5.35. The highest BCUT2D eigenvalue weighted by Crippen LogP contribution is 2.23. The summed E-state index contributed by atoms with van der Waals surface area (Å²) in [5.74, 6) is 0.817. The highest BCUT2D eigenvalue weighted by atomic mass is 16.5. The fourth-order valence-corrected chi connectivity index (χ4v) is 3.17. The molecule has 0 saturated heterocycles. The minimum atomic E-state index is -0.574. The molecule has 1 N–H and O–H groups in total. The molecule has 0 bridgehead atoms. The van der Waals surface area contributed by atoms with Gasteiger partial charge in [-0.15, -0.1) is 0 Å². The summed E-state index contributed by atoms with van der Waals surface area (Å²) < 4.78 is 5.74. The Bertz CT molecular complexity index is 518. The number of nitrogens with zero attached hydrogens (tertiary/aromatic N) is 2. The predicted octanol–water partition coefficient (Wildman–Crippen LogP) is 2.81.